The number of nitrogens with zero attached hydrogens (tertiary/aromatic N) is 2. The van der Waals surface area contributed by atoms with Gasteiger partial charge in [-0.15, -0.1) is 0 Å². The highest BCUT2D eigenvalue weighted by Gasteiger charge is 2.33. The topological polar surface area (TPSA) is 66.9 Å². The zero-order valence-corrected chi connectivity index (χ0v) is 17.7. The molecule has 0 saturated heterocycles. The highest BCUT2D eigenvalue weighted by molar-refractivity contribution is 9.10. The molecule has 1 aliphatic heterocycles. The van der Waals surface area contributed by atoms with Gasteiger partial charge in [-0.25, -0.2) is 8.42 Å². The monoisotopic (exact) mass is 452 g/mol. The Morgan fingerprint density at radius 1 is 1.26 bits per heavy atom. The number of benzene rings is 2. The molecular weight excluding hydrogens is 432 g/mol. The van der Waals surface area contributed by atoms with E-state index in [1.165, 1.54) is 26.3 Å². The number of likely N-dealkylation sites (N-methyl/N-ethyl adjacent to an activating group) is 1. The molecule has 1 heterocycles. The van der Waals surface area contributed by atoms with Gasteiger partial charge >= 0.3 is 0 Å². The van der Waals surface area contributed by atoms with Crippen molar-refractivity contribution in [3.05, 3.63) is 52.5 Å². The Morgan fingerprint density at radius 3 is 2.56 bits per heavy atom. The standard InChI is InChI=1S/C19H21BrN2O4S/c1-13-10-14-11-15(20)4-9-18(14)22(13)19(23)12-21(2)27(24,25)17-7-5-16(26-3)6-8-17/h4-9,11,13H,10,12H2,1-3H3. The predicted octanol–water partition coefficient (Wildman–Crippen LogP) is 3.06. The number of sulfonamides is 1. The number of rotatable bonds is 5. The van der Waals surface area contributed by atoms with Crippen LogP contribution in [0.1, 0.15) is 12.5 Å². The van der Waals surface area contributed by atoms with Crippen molar-refractivity contribution in [1.82, 2.24) is 4.31 Å². The average molecular weight is 453 g/mol. The van der Waals surface area contributed by atoms with Crippen molar-refractivity contribution < 1.29 is 17.9 Å². The third-order valence-electron chi connectivity index (χ3n) is 4.65. The van der Waals surface area contributed by atoms with E-state index >= 15 is 0 Å². The minimum atomic E-state index is -3.77. The van der Waals surface area contributed by atoms with Gasteiger partial charge in [-0.3, -0.25) is 4.79 Å². The van der Waals surface area contributed by atoms with E-state index in [2.05, 4.69) is 15.9 Å². The molecule has 6 nitrogen and oxygen atoms in total. The molecule has 2 aromatic rings. The zero-order valence-electron chi connectivity index (χ0n) is 15.3. The van der Waals surface area contributed by atoms with Gasteiger partial charge in [-0.05, 0) is 61.4 Å². The Morgan fingerprint density at radius 2 is 1.93 bits per heavy atom. The van der Waals surface area contributed by atoms with Crippen LogP contribution in [0.4, 0.5) is 5.69 Å². The van der Waals surface area contributed by atoms with E-state index in [0.717, 1.165) is 26.4 Å². The Balaban J connectivity index is 1.79. The van der Waals surface area contributed by atoms with Gasteiger partial charge in [0, 0.05) is 23.2 Å². The summed E-state index contributed by atoms with van der Waals surface area (Å²) >= 11 is 3.44. The molecule has 8 heteroatoms. The van der Waals surface area contributed by atoms with E-state index in [9.17, 15) is 13.2 Å². The van der Waals surface area contributed by atoms with Crippen molar-refractivity contribution in [1.29, 1.82) is 0 Å². The molecule has 0 saturated carbocycles. The van der Waals surface area contributed by atoms with E-state index in [1.54, 1.807) is 17.0 Å². The van der Waals surface area contributed by atoms with Gasteiger partial charge in [0.2, 0.25) is 15.9 Å². The molecule has 144 valence electrons. The van der Waals surface area contributed by atoms with Crippen LogP contribution in [-0.2, 0) is 21.2 Å². The van der Waals surface area contributed by atoms with E-state index in [1.807, 2.05) is 25.1 Å². The van der Waals surface area contributed by atoms with Crippen molar-refractivity contribution in [3.8, 4) is 5.75 Å². The molecule has 1 amide bonds. The zero-order chi connectivity index (χ0) is 19.8. The molecule has 1 aliphatic rings. The van der Waals surface area contributed by atoms with Gasteiger partial charge in [0.05, 0.1) is 18.6 Å². The lowest BCUT2D eigenvalue weighted by atomic mass is 10.1. The van der Waals surface area contributed by atoms with Gasteiger partial charge in [0.15, 0.2) is 0 Å². The molecule has 0 spiro atoms. The lowest BCUT2D eigenvalue weighted by Gasteiger charge is -2.25. The Hall–Kier alpha value is -1.90. The second kappa shape index (κ2) is 7.61. The number of hydrogen-bond donors (Lipinski definition) is 0. The fraction of sp³-hybridized carbons (Fsp3) is 0.316. The first kappa shape index (κ1) is 19.9. The first-order valence-electron chi connectivity index (χ1n) is 8.45. The lowest BCUT2D eigenvalue weighted by molar-refractivity contribution is -0.118. The van der Waals surface area contributed by atoms with Gasteiger partial charge in [-0.2, -0.15) is 4.31 Å². The molecule has 2 aromatic carbocycles. The second-order valence-electron chi connectivity index (χ2n) is 6.53. The van der Waals surface area contributed by atoms with Gasteiger partial charge in [-0.1, -0.05) is 15.9 Å². The number of carbonyl (C=O) groups is 1. The number of carbonyl (C=O) groups excluding carboxylic acids is 1. The van der Waals surface area contributed by atoms with E-state index in [0.29, 0.717) is 5.75 Å². The van der Waals surface area contributed by atoms with Crippen LogP contribution in [0, 0.1) is 0 Å². The summed E-state index contributed by atoms with van der Waals surface area (Å²) in [5.74, 6) is 0.324. The highest BCUT2D eigenvalue weighted by atomic mass is 79.9. The molecule has 1 unspecified atom stereocenters. The molecule has 3 rings (SSSR count). The third kappa shape index (κ3) is 3.88. The summed E-state index contributed by atoms with van der Waals surface area (Å²) in [6.07, 6.45) is 0.745. The van der Waals surface area contributed by atoms with Crippen LogP contribution in [0.15, 0.2) is 51.8 Å². The van der Waals surface area contributed by atoms with E-state index < -0.39 is 10.0 Å². The maximum absolute atomic E-state index is 12.9. The number of methoxy groups -OCH3 is 1. The minimum Gasteiger partial charge on any atom is -0.497 e. The molecular formula is C19H21BrN2O4S. The number of ether oxygens (including phenoxy) is 1. The number of hydrogen-bond acceptors (Lipinski definition) is 4. The van der Waals surface area contributed by atoms with Crippen molar-refractivity contribution >= 4 is 37.5 Å². The fourth-order valence-electron chi connectivity index (χ4n) is 3.26. The SMILES string of the molecule is COc1ccc(S(=O)(=O)N(C)CC(=O)N2c3ccc(Br)cc3CC2C)cc1. The largest absolute Gasteiger partial charge is 0.497 e. The van der Waals surface area contributed by atoms with Crippen LogP contribution in [0.3, 0.4) is 0 Å². The van der Waals surface area contributed by atoms with Crippen molar-refractivity contribution in [3.63, 3.8) is 0 Å². The lowest BCUT2D eigenvalue weighted by Crippen LogP contribution is -2.43. The molecule has 0 fully saturated rings. The van der Waals surface area contributed by atoms with Crippen LogP contribution in [0.5, 0.6) is 5.75 Å². The molecule has 27 heavy (non-hydrogen) atoms. The average Bonchev–Trinajstić information content (AvgIpc) is 2.96. The summed E-state index contributed by atoms with van der Waals surface area (Å²) in [6.45, 7) is 1.73. The first-order valence-corrected chi connectivity index (χ1v) is 10.7. The van der Waals surface area contributed by atoms with Crippen molar-refractivity contribution in [2.75, 3.05) is 25.6 Å². The second-order valence-corrected chi connectivity index (χ2v) is 9.49. The predicted molar refractivity (Wildman–Crippen MR) is 108 cm³/mol. The molecule has 0 aliphatic carbocycles. The summed E-state index contributed by atoms with van der Waals surface area (Å²) in [5.41, 5.74) is 1.91. The van der Waals surface area contributed by atoms with Gasteiger partial charge < -0.3 is 9.64 Å². The van der Waals surface area contributed by atoms with Crippen molar-refractivity contribution in [2.24, 2.45) is 0 Å². The van der Waals surface area contributed by atoms with Crippen LogP contribution >= 0.6 is 15.9 Å². The Labute approximate surface area is 167 Å². The Kier molecular flexibility index (Phi) is 5.60. The smallest absolute Gasteiger partial charge is 0.243 e. The molecule has 0 bridgehead atoms. The fourth-order valence-corrected chi connectivity index (χ4v) is 4.79. The van der Waals surface area contributed by atoms with Gasteiger partial charge in [0.1, 0.15) is 5.75 Å². The third-order valence-corrected chi connectivity index (χ3v) is 6.96. The number of fused-ring (bicyclic) bond motifs is 1. The number of anilines is 1. The molecule has 0 radical (unpaired) electrons. The number of halogens is 1. The summed E-state index contributed by atoms with van der Waals surface area (Å²) in [7, 11) is -0.834. The van der Waals surface area contributed by atoms with Crippen LogP contribution < -0.4 is 9.64 Å². The highest BCUT2D eigenvalue weighted by Crippen LogP contribution is 2.34. The van der Waals surface area contributed by atoms with Crippen LogP contribution in [0.2, 0.25) is 0 Å². The summed E-state index contributed by atoms with van der Waals surface area (Å²) in [6, 6.07) is 11.9. The minimum absolute atomic E-state index is 0.0149. The normalized spacial score (nSPS) is 16.5. The summed E-state index contributed by atoms with van der Waals surface area (Å²) < 4.78 is 32.6. The van der Waals surface area contributed by atoms with Crippen molar-refractivity contribution in [2.45, 2.75) is 24.3 Å². The first-order chi connectivity index (χ1) is 12.7. The summed E-state index contributed by atoms with van der Waals surface area (Å²) in [4.78, 5) is 14.7. The van der Waals surface area contributed by atoms with Crippen LogP contribution in [-0.4, -0.2) is 45.4 Å². The maximum atomic E-state index is 12.9. The van der Waals surface area contributed by atoms with Crippen LogP contribution in [0.25, 0.3) is 0 Å². The summed E-state index contributed by atoms with van der Waals surface area (Å²) in [5, 5.41) is 0. The number of amides is 1. The molecule has 0 aromatic heterocycles. The maximum Gasteiger partial charge on any atom is 0.243 e. The van der Waals surface area contributed by atoms with E-state index in [4.69, 9.17) is 4.74 Å². The molecule has 0 N–H and O–H groups in total. The quantitative estimate of drug-likeness (QED) is 0.698. The van der Waals surface area contributed by atoms with Gasteiger partial charge in [0.25, 0.3) is 0 Å². The van der Waals surface area contributed by atoms with E-state index in [-0.39, 0.29) is 23.4 Å². The Bertz CT molecular complexity index is 960. The molecule has 1 atom stereocenters.